The molecule has 2 heterocycles. The van der Waals surface area contributed by atoms with E-state index in [4.69, 9.17) is 8.83 Å². The summed E-state index contributed by atoms with van der Waals surface area (Å²) in [6.07, 6.45) is 0. The average molecular weight is 668 g/mol. The highest BCUT2D eigenvalue weighted by molar-refractivity contribution is 6.15. The molecule has 0 unspecified atom stereocenters. The van der Waals surface area contributed by atoms with Crippen LogP contribution in [-0.4, -0.2) is 0 Å². The minimum atomic E-state index is -0.218. The fourth-order valence-electron chi connectivity index (χ4n) is 8.68. The monoisotopic (exact) mass is 667 g/mol. The highest BCUT2D eigenvalue weighted by atomic mass is 16.3. The van der Waals surface area contributed by atoms with Gasteiger partial charge in [-0.15, -0.1) is 0 Å². The lowest BCUT2D eigenvalue weighted by atomic mass is 9.82. The molecule has 3 heteroatoms. The number of nitrogens with zero attached hydrogens (tertiary/aromatic N) is 1. The van der Waals surface area contributed by atoms with E-state index in [-0.39, 0.29) is 5.41 Å². The van der Waals surface area contributed by atoms with Crippen LogP contribution in [0.15, 0.2) is 173 Å². The molecule has 8 aromatic carbocycles. The Morgan fingerprint density at radius 3 is 2.00 bits per heavy atom. The Bertz CT molecular complexity index is 3050. The molecule has 0 radical (unpaired) electrons. The number of para-hydroxylation sites is 3. The highest BCUT2D eigenvalue weighted by Crippen LogP contribution is 2.54. The molecule has 246 valence electrons. The molecule has 0 fully saturated rings. The lowest BCUT2D eigenvalue weighted by molar-refractivity contribution is 0.656. The Morgan fingerprint density at radius 1 is 0.462 bits per heavy atom. The molecule has 10 aromatic rings. The summed E-state index contributed by atoms with van der Waals surface area (Å²) in [4.78, 5) is 2.36. The molecule has 0 saturated carbocycles. The minimum Gasteiger partial charge on any atom is -0.456 e. The normalized spacial score (nSPS) is 13.3. The van der Waals surface area contributed by atoms with Gasteiger partial charge in [0.05, 0.1) is 5.69 Å². The quantitative estimate of drug-likeness (QED) is 0.187. The molecule has 0 N–H and O–H groups in total. The van der Waals surface area contributed by atoms with Crippen LogP contribution in [0.1, 0.15) is 25.0 Å². The first-order valence-electron chi connectivity index (χ1n) is 17.9. The maximum absolute atomic E-state index is 6.65. The van der Waals surface area contributed by atoms with E-state index >= 15 is 0 Å². The molecule has 0 atom stereocenters. The lowest BCUT2D eigenvalue weighted by Gasteiger charge is -2.28. The maximum atomic E-state index is 6.65. The van der Waals surface area contributed by atoms with Gasteiger partial charge in [0, 0.05) is 38.3 Å². The van der Waals surface area contributed by atoms with E-state index in [0.717, 1.165) is 55.6 Å². The van der Waals surface area contributed by atoms with Crippen molar-refractivity contribution >= 4 is 71.7 Å². The maximum Gasteiger partial charge on any atom is 0.159 e. The van der Waals surface area contributed by atoms with Crippen molar-refractivity contribution in [1.82, 2.24) is 0 Å². The molecule has 0 aliphatic heterocycles. The number of hydrogen-bond donors (Lipinski definition) is 0. The molecule has 1 aliphatic carbocycles. The molecular weight excluding hydrogens is 635 g/mol. The van der Waals surface area contributed by atoms with Crippen LogP contribution in [0.3, 0.4) is 0 Å². The van der Waals surface area contributed by atoms with E-state index in [1.165, 1.54) is 49.5 Å². The summed E-state index contributed by atoms with van der Waals surface area (Å²) in [6.45, 7) is 4.69. The van der Waals surface area contributed by atoms with Gasteiger partial charge >= 0.3 is 0 Å². The first-order valence-corrected chi connectivity index (χ1v) is 17.9. The zero-order chi connectivity index (χ0) is 34.6. The number of anilines is 3. The number of furan rings is 2. The van der Waals surface area contributed by atoms with E-state index in [9.17, 15) is 0 Å². The molecule has 1 aliphatic rings. The number of benzene rings is 8. The molecule has 2 aromatic heterocycles. The standard InChI is InChI=1S/C49H33NO2/c1-49(2)40-26-27-45-47(39-13-6-8-17-44(39)51-45)46(40)38-25-24-35(29-41(38)49)50(42-15-9-14-37-36-12-5-7-16-43(36)52-48(37)42)34-22-20-31(21-23-34)33-19-18-30-10-3-4-11-32(30)28-33/h3-29H,1-2H3. The Labute approximate surface area is 301 Å². The van der Waals surface area contributed by atoms with Gasteiger partial charge in [0.15, 0.2) is 5.58 Å². The Balaban J connectivity index is 1.11. The first-order chi connectivity index (χ1) is 25.5. The van der Waals surface area contributed by atoms with Crippen molar-refractivity contribution in [3.05, 3.63) is 175 Å². The van der Waals surface area contributed by atoms with Crippen LogP contribution in [-0.2, 0) is 5.41 Å². The summed E-state index contributed by atoms with van der Waals surface area (Å²) in [5.74, 6) is 0. The zero-order valence-electron chi connectivity index (χ0n) is 28.9. The predicted molar refractivity (Wildman–Crippen MR) is 216 cm³/mol. The third-order valence-electron chi connectivity index (χ3n) is 11.3. The summed E-state index contributed by atoms with van der Waals surface area (Å²) >= 11 is 0. The topological polar surface area (TPSA) is 29.5 Å². The van der Waals surface area contributed by atoms with Crippen LogP contribution in [0, 0.1) is 0 Å². The second kappa shape index (κ2) is 10.7. The molecule has 11 rings (SSSR count). The van der Waals surface area contributed by atoms with Crippen LogP contribution < -0.4 is 4.90 Å². The summed E-state index contributed by atoms with van der Waals surface area (Å²) in [5, 5.41) is 7.07. The van der Waals surface area contributed by atoms with E-state index < -0.39 is 0 Å². The minimum absolute atomic E-state index is 0.218. The molecule has 0 amide bonds. The number of fused-ring (bicyclic) bond motifs is 11. The van der Waals surface area contributed by atoms with Crippen molar-refractivity contribution in [2.45, 2.75) is 19.3 Å². The summed E-state index contributed by atoms with van der Waals surface area (Å²) in [6, 6.07) is 58.7. The van der Waals surface area contributed by atoms with Gasteiger partial charge in [-0.1, -0.05) is 123 Å². The van der Waals surface area contributed by atoms with Gasteiger partial charge < -0.3 is 13.7 Å². The van der Waals surface area contributed by atoms with Gasteiger partial charge in [-0.25, -0.2) is 0 Å². The van der Waals surface area contributed by atoms with Crippen molar-refractivity contribution in [3.8, 4) is 22.3 Å². The van der Waals surface area contributed by atoms with Gasteiger partial charge in [0.25, 0.3) is 0 Å². The smallest absolute Gasteiger partial charge is 0.159 e. The summed E-state index contributed by atoms with van der Waals surface area (Å²) < 4.78 is 13.0. The van der Waals surface area contributed by atoms with E-state index in [0.29, 0.717) is 0 Å². The predicted octanol–water partition coefficient (Wildman–Crippen LogP) is 14.1. The fourth-order valence-corrected chi connectivity index (χ4v) is 8.68. The van der Waals surface area contributed by atoms with Crippen LogP contribution in [0.5, 0.6) is 0 Å². The second-order valence-corrected chi connectivity index (χ2v) is 14.5. The fraction of sp³-hybridized carbons (Fsp3) is 0.0612. The number of hydrogen-bond acceptors (Lipinski definition) is 3. The van der Waals surface area contributed by atoms with Crippen LogP contribution in [0.4, 0.5) is 17.1 Å². The van der Waals surface area contributed by atoms with Gasteiger partial charge in [0.2, 0.25) is 0 Å². The van der Waals surface area contributed by atoms with Crippen LogP contribution in [0.2, 0.25) is 0 Å². The van der Waals surface area contributed by atoms with Crippen molar-refractivity contribution < 1.29 is 8.83 Å². The Hall–Kier alpha value is -6.58. The van der Waals surface area contributed by atoms with E-state index in [1.807, 2.05) is 12.1 Å². The largest absolute Gasteiger partial charge is 0.456 e. The Kier molecular flexibility index (Phi) is 6.01. The van der Waals surface area contributed by atoms with E-state index in [2.05, 4.69) is 170 Å². The third-order valence-corrected chi connectivity index (χ3v) is 11.3. The van der Waals surface area contributed by atoms with Gasteiger partial charge in [-0.2, -0.15) is 0 Å². The SMILES string of the molecule is CC1(C)c2cc(N(c3ccc(-c4ccc5ccccc5c4)cc3)c3cccc4c3oc3ccccc34)ccc2-c2c1ccc1oc3ccccc3c21. The average Bonchev–Trinajstić information content (AvgIpc) is 3.83. The van der Waals surface area contributed by atoms with Crippen LogP contribution in [0.25, 0.3) is 76.9 Å². The van der Waals surface area contributed by atoms with Crippen molar-refractivity contribution in [3.63, 3.8) is 0 Å². The molecule has 52 heavy (non-hydrogen) atoms. The molecule has 3 nitrogen and oxygen atoms in total. The molecule has 0 bridgehead atoms. The van der Waals surface area contributed by atoms with Crippen molar-refractivity contribution in [1.29, 1.82) is 0 Å². The highest BCUT2D eigenvalue weighted by Gasteiger charge is 2.38. The number of rotatable bonds is 4. The van der Waals surface area contributed by atoms with Gasteiger partial charge in [0.1, 0.15) is 16.7 Å². The zero-order valence-corrected chi connectivity index (χ0v) is 28.9. The Morgan fingerprint density at radius 2 is 1.15 bits per heavy atom. The summed E-state index contributed by atoms with van der Waals surface area (Å²) in [5.41, 5.74) is 14.1. The second-order valence-electron chi connectivity index (χ2n) is 14.5. The third kappa shape index (κ3) is 4.14. The summed E-state index contributed by atoms with van der Waals surface area (Å²) in [7, 11) is 0. The van der Waals surface area contributed by atoms with Crippen molar-refractivity contribution in [2.24, 2.45) is 0 Å². The van der Waals surface area contributed by atoms with Crippen LogP contribution >= 0.6 is 0 Å². The first kappa shape index (κ1) is 29.2. The molecule has 0 saturated heterocycles. The van der Waals surface area contributed by atoms with Gasteiger partial charge in [-0.3, -0.25) is 0 Å². The van der Waals surface area contributed by atoms with Crippen molar-refractivity contribution in [2.75, 3.05) is 4.90 Å². The van der Waals surface area contributed by atoms with Gasteiger partial charge in [-0.05, 0) is 98.8 Å². The molecule has 0 spiro atoms. The lowest BCUT2D eigenvalue weighted by Crippen LogP contribution is -2.16. The van der Waals surface area contributed by atoms with E-state index in [1.54, 1.807) is 0 Å². The molecular formula is C49H33NO2.